The smallest absolute Gasteiger partial charge is 0.153 e. The lowest BCUT2D eigenvalue weighted by molar-refractivity contribution is 0.300. The van der Waals surface area contributed by atoms with Gasteiger partial charge in [-0.2, -0.15) is 4.99 Å². The van der Waals surface area contributed by atoms with E-state index in [0.717, 1.165) is 18.8 Å². The standard InChI is InChI=1S/C18H19F2NS/c1-2-3-13-4-6-14(7-5-13)8-9-15-10-16(19)18(21-12-22)17(20)11-15/h10-11,13-14H,2-7H2,1H3. The highest BCUT2D eigenvalue weighted by Crippen LogP contribution is 2.31. The highest BCUT2D eigenvalue weighted by Gasteiger charge is 2.19. The van der Waals surface area contributed by atoms with Gasteiger partial charge in [0, 0.05) is 11.5 Å². The lowest BCUT2D eigenvalue weighted by Crippen LogP contribution is -2.13. The van der Waals surface area contributed by atoms with Gasteiger partial charge < -0.3 is 0 Å². The molecule has 0 saturated heterocycles. The SMILES string of the molecule is CCCC1CCC(C#Cc2cc(F)c(N=C=S)c(F)c2)CC1. The molecule has 1 nitrogen and oxygen atoms in total. The summed E-state index contributed by atoms with van der Waals surface area (Å²) < 4.78 is 27.4. The molecule has 0 atom stereocenters. The van der Waals surface area contributed by atoms with Crippen LogP contribution in [0.4, 0.5) is 14.5 Å². The first-order valence-corrected chi connectivity index (χ1v) is 8.13. The molecule has 0 aliphatic heterocycles. The average molecular weight is 319 g/mol. The second kappa shape index (κ2) is 8.17. The number of isothiocyanates is 1. The molecule has 4 heteroatoms. The minimum absolute atomic E-state index is 0.331. The van der Waals surface area contributed by atoms with Crippen LogP contribution in [0.15, 0.2) is 17.1 Å². The quantitative estimate of drug-likeness (QED) is 0.398. The van der Waals surface area contributed by atoms with E-state index < -0.39 is 17.3 Å². The summed E-state index contributed by atoms with van der Waals surface area (Å²) in [6.45, 7) is 2.21. The van der Waals surface area contributed by atoms with Gasteiger partial charge in [0.15, 0.2) is 11.6 Å². The molecule has 0 N–H and O–H groups in total. The van der Waals surface area contributed by atoms with Gasteiger partial charge in [0.05, 0.1) is 5.16 Å². The zero-order chi connectivity index (χ0) is 15.9. The fraction of sp³-hybridized carbons (Fsp3) is 0.500. The molecule has 22 heavy (non-hydrogen) atoms. The van der Waals surface area contributed by atoms with Crippen molar-refractivity contribution in [1.82, 2.24) is 0 Å². The summed E-state index contributed by atoms with van der Waals surface area (Å²) in [5, 5.41) is 1.98. The van der Waals surface area contributed by atoms with Crippen molar-refractivity contribution in [3.63, 3.8) is 0 Å². The molecular formula is C18H19F2NS. The second-order valence-electron chi connectivity index (χ2n) is 5.77. The van der Waals surface area contributed by atoms with Gasteiger partial charge in [0.1, 0.15) is 5.69 Å². The van der Waals surface area contributed by atoms with Gasteiger partial charge in [-0.25, -0.2) is 8.78 Å². The van der Waals surface area contributed by atoms with E-state index in [4.69, 9.17) is 0 Å². The topological polar surface area (TPSA) is 12.4 Å². The zero-order valence-corrected chi connectivity index (χ0v) is 13.5. The third-order valence-corrected chi connectivity index (χ3v) is 4.23. The van der Waals surface area contributed by atoms with Gasteiger partial charge in [-0.15, -0.1) is 0 Å². The molecular weight excluding hydrogens is 300 g/mol. The number of halogens is 2. The number of thiocarbonyl (C=S) groups is 1. The van der Waals surface area contributed by atoms with Gasteiger partial charge in [-0.05, 0) is 56.0 Å². The maximum atomic E-state index is 13.7. The monoisotopic (exact) mass is 319 g/mol. The third kappa shape index (κ3) is 4.47. The first-order valence-electron chi connectivity index (χ1n) is 7.72. The molecule has 1 aromatic rings. The van der Waals surface area contributed by atoms with Crippen molar-refractivity contribution in [3.05, 3.63) is 29.3 Å². The minimum Gasteiger partial charge on any atom is -0.204 e. The molecule has 2 rings (SSSR count). The molecule has 0 spiro atoms. The van der Waals surface area contributed by atoms with Crippen molar-refractivity contribution in [3.8, 4) is 11.8 Å². The van der Waals surface area contributed by atoms with Crippen LogP contribution in [-0.4, -0.2) is 5.16 Å². The van der Waals surface area contributed by atoms with E-state index in [1.165, 1.54) is 37.8 Å². The lowest BCUT2D eigenvalue weighted by atomic mass is 9.80. The van der Waals surface area contributed by atoms with Crippen molar-refractivity contribution < 1.29 is 8.78 Å². The van der Waals surface area contributed by atoms with Crippen molar-refractivity contribution in [1.29, 1.82) is 0 Å². The number of nitrogens with zero attached hydrogens (tertiary/aromatic N) is 1. The van der Waals surface area contributed by atoms with E-state index in [1.807, 2.05) is 5.16 Å². The molecule has 0 heterocycles. The summed E-state index contributed by atoms with van der Waals surface area (Å²) in [6, 6.07) is 2.40. The molecule has 0 aromatic heterocycles. The number of aliphatic imine (C=N–C) groups is 1. The molecule has 1 aromatic carbocycles. The average Bonchev–Trinajstić information content (AvgIpc) is 2.50. The number of hydrogen-bond donors (Lipinski definition) is 0. The minimum atomic E-state index is -0.756. The van der Waals surface area contributed by atoms with Crippen LogP contribution < -0.4 is 0 Å². The Labute approximate surface area is 135 Å². The zero-order valence-electron chi connectivity index (χ0n) is 12.7. The Kier molecular flexibility index (Phi) is 6.24. The van der Waals surface area contributed by atoms with Crippen molar-refractivity contribution in [2.75, 3.05) is 0 Å². The van der Waals surface area contributed by atoms with E-state index in [0.29, 0.717) is 11.5 Å². The molecule has 1 saturated carbocycles. The number of benzene rings is 1. The van der Waals surface area contributed by atoms with Gasteiger partial charge >= 0.3 is 0 Å². The van der Waals surface area contributed by atoms with Gasteiger partial charge in [-0.3, -0.25) is 0 Å². The third-order valence-electron chi connectivity index (χ3n) is 4.14. The summed E-state index contributed by atoms with van der Waals surface area (Å²) in [6.07, 6.45) is 7.09. The van der Waals surface area contributed by atoms with Crippen molar-refractivity contribution in [2.45, 2.75) is 45.4 Å². The molecule has 0 radical (unpaired) electrons. The Morgan fingerprint density at radius 2 is 1.82 bits per heavy atom. The van der Waals surface area contributed by atoms with Crippen LogP contribution in [0, 0.1) is 35.3 Å². The fourth-order valence-electron chi connectivity index (χ4n) is 2.98. The maximum absolute atomic E-state index is 13.7. The van der Waals surface area contributed by atoms with Crippen LogP contribution in [0.25, 0.3) is 0 Å². The molecule has 1 aliphatic carbocycles. The Hall–Kier alpha value is -1.56. The highest BCUT2D eigenvalue weighted by atomic mass is 32.1. The van der Waals surface area contributed by atoms with E-state index >= 15 is 0 Å². The summed E-state index contributed by atoms with van der Waals surface area (Å²) >= 11 is 4.37. The van der Waals surface area contributed by atoms with E-state index in [1.54, 1.807) is 0 Å². The van der Waals surface area contributed by atoms with Crippen LogP contribution in [0.1, 0.15) is 51.0 Å². The fourth-order valence-corrected chi connectivity index (χ4v) is 3.07. The molecule has 1 fully saturated rings. The first-order chi connectivity index (χ1) is 10.6. The van der Waals surface area contributed by atoms with Crippen molar-refractivity contribution >= 4 is 23.1 Å². The highest BCUT2D eigenvalue weighted by molar-refractivity contribution is 7.78. The van der Waals surface area contributed by atoms with Crippen molar-refractivity contribution in [2.24, 2.45) is 16.8 Å². The summed E-state index contributed by atoms with van der Waals surface area (Å²) in [5.74, 6) is 5.69. The van der Waals surface area contributed by atoms with E-state index in [-0.39, 0.29) is 0 Å². The van der Waals surface area contributed by atoms with E-state index in [9.17, 15) is 8.78 Å². The number of hydrogen-bond acceptors (Lipinski definition) is 2. The summed E-state index contributed by atoms with van der Waals surface area (Å²) in [7, 11) is 0. The van der Waals surface area contributed by atoms with Crippen LogP contribution in [-0.2, 0) is 0 Å². The predicted molar refractivity (Wildman–Crippen MR) is 88.3 cm³/mol. The molecule has 1 aliphatic rings. The van der Waals surface area contributed by atoms with Gasteiger partial charge in [0.25, 0.3) is 0 Å². The summed E-state index contributed by atoms with van der Waals surface area (Å²) in [4.78, 5) is 3.39. The molecule has 116 valence electrons. The molecule has 0 bridgehead atoms. The Bertz CT molecular complexity index is 607. The normalized spacial score (nSPS) is 20.7. The Morgan fingerprint density at radius 3 is 2.36 bits per heavy atom. The first kappa shape index (κ1) is 16.8. The van der Waals surface area contributed by atoms with Crippen LogP contribution in [0.5, 0.6) is 0 Å². The Balaban J connectivity index is 2.05. The lowest BCUT2D eigenvalue weighted by Gasteiger charge is -2.25. The van der Waals surface area contributed by atoms with Crippen LogP contribution in [0.3, 0.4) is 0 Å². The van der Waals surface area contributed by atoms with E-state index in [2.05, 4.69) is 36.0 Å². The largest absolute Gasteiger partial charge is 0.204 e. The van der Waals surface area contributed by atoms with Gasteiger partial charge in [-0.1, -0.05) is 31.6 Å². The molecule has 0 unspecified atom stereocenters. The molecule has 0 amide bonds. The maximum Gasteiger partial charge on any atom is 0.153 e. The van der Waals surface area contributed by atoms with Crippen LogP contribution in [0.2, 0.25) is 0 Å². The Morgan fingerprint density at radius 1 is 1.18 bits per heavy atom. The van der Waals surface area contributed by atoms with Gasteiger partial charge in [0.2, 0.25) is 0 Å². The van der Waals surface area contributed by atoms with Crippen LogP contribution >= 0.6 is 12.2 Å². The number of rotatable bonds is 3. The second-order valence-corrected chi connectivity index (χ2v) is 5.95. The summed E-state index contributed by atoms with van der Waals surface area (Å²) in [5.41, 5.74) is -0.0605. The predicted octanol–water partition coefficient (Wildman–Crippen LogP) is 5.66.